The monoisotopic (exact) mass is 512 g/mol. The summed E-state index contributed by atoms with van der Waals surface area (Å²) in [7, 11) is 1.54. The van der Waals surface area contributed by atoms with Crippen LogP contribution in [0.5, 0.6) is 23.1 Å². The normalized spacial score (nSPS) is 14.3. The Kier molecular flexibility index (Phi) is 6.87. The number of halogens is 1. The summed E-state index contributed by atoms with van der Waals surface area (Å²) in [5.74, 6) is 0.800. The van der Waals surface area contributed by atoms with Gasteiger partial charge in [0.25, 0.3) is 0 Å². The van der Waals surface area contributed by atoms with Gasteiger partial charge in [-0.3, -0.25) is 5.10 Å². The molecular formula is C29H25FN4O4. The maximum absolute atomic E-state index is 13.4. The van der Waals surface area contributed by atoms with Gasteiger partial charge in [-0.1, -0.05) is 36.4 Å². The molecule has 0 spiro atoms. The van der Waals surface area contributed by atoms with Crippen LogP contribution in [0, 0.1) is 17.1 Å². The molecule has 0 fully saturated rings. The Morgan fingerprint density at radius 2 is 1.89 bits per heavy atom. The topological polar surface area (TPSA) is 115 Å². The van der Waals surface area contributed by atoms with E-state index >= 15 is 0 Å². The number of aromatic nitrogens is 2. The molecule has 5 rings (SSSR count). The molecule has 9 heteroatoms. The maximum Gasteiger partial charge on any atom is 0.244 e. The molecule has 0 radical (unpaired) electrons. The Morgan fingerprint density at radius 3 is 2.63 bits per heavy atom. The number of nitrogens with two attached hydrogens (primary N) is 1. The highest BCUT2D eigenvalue weighted by Crippen LogP contribution is 2.50. The molecule has 1 aliphatic heterocycles. The first-order chi connectivity index (χ1) is 18.5. The van der Waals surface area contributed by atoms with Crippen LogP contribution in [0.1, 0.15) is 29.5 Å². The van der Waals surface area contributed by atoms with E-state index in [4.69, 9.17) is 24.7 Å². The molecule has 3 N–H and O–H groups in total. The van der Waals surface area contributed by atoms with Gasteiger partial charge >= 0.3 is 0 Å². The highest BCUT2D eigenvalue weighted by atomic mass is 19.1. The highest BCUT2D eigenvalue weighted by molar-refractivity contribution is 5.73. The fourth-order valence-corrected chi connectivity index (χ4v) is 4.50. The van der Waals surface area contributed by atoms with E-state index in [1.54, 1.807) is 18.2 Å². The van der Waals surface area contributed by atoms with Gasteiger partial charge in [-0.2, -0.15) is 5.26 Å². The van der Waals surface area contributed by atoms with E-state index in [1.807, 2.05) is 43.3 Å². The van der Waals surface area contributed by atoms with Crippen LogP contribution >= 0.6 is 0 Å². The van der Waals surface area contributed by atoms with Crippen molar-refractivity contribution >= 4 is 0 Å². The fourth-order valence-electron chi connectivity index (χ4n) is 4.50. The van der Waals surface area contributed by atoms with Crippen molar-refractivity contribution in [2.45, 2.75) is 19.4 Å². The number of fused-ring (bicyclic) bond motifs is 1. The number of hydrogen-bond acceptors (Lipinski definition) is 7. The van der Waals surface area contributed by atoms with Crippen molar-refractivity contribution in [2.75, 3.05) is 13.7 Å². The Hall–Kier alpha value is -4.97. The summed E-state index contributed by atoms with van der Waals surface area (Å²) in [6.45, 7) is 2.59. The zero-order chi connectivity index (χ0) is 26.6. The Morgan fingerprint density at radius 1 is 1.11 bits per heavy atom. The summed E-state index contributed by atoms with van der Waals surface area (Å²) in [4.78, 5) is 0. The minimum absolute atomic E-state index is 0.0431. The van der Waals surface area contributed by atoms with E-state index in [2.05, 4.69) is 16.3 Å². The van der Waals surface area contributed by atoms with E-state index in [-0.39, 0.29) is 29.8 Å². The lowest BCUT2D eigenvalue weighted by Crippen LogP contribution is -2.21. The summed E-state index contributed by atoms with van der Waals surface area (Å²) in [5.41, 5.74) is 9.89. The molecule has 38 heavy (non-hydrogen) atoms. The van der Waals surface area contributed by atoms with Crippen molar-refractivity contribution in [3.05, 3.63) is 101 Å². The molecule has 1 unspecified atom stereocenters. The van der Waals surface area contributed by atoms with Crippen LogP contribution in [0.25, 0.3) is 11.3 Å². The number of nitriles is 1. The molecule has 0 aliphatic carbocycles. The van der Waals surface area contributed by atoms with Gasteiger partial charge in [0.1, 0.15) is 29.8 Å². The van der Waals surface area contributed by atoms with Crippen molar-refractivity contribution < 1.29 is 23.3 Å². The molecule has 1 aromatic heterocycles. The van der Waals surface area contributed by atoms with Crippen LogP contribution in [0.4, 0.5) is 4.39 Å². The quantitative estimate of drug-likeness (QED) is 0.324. The SMILES string of the molecule is CCOc1cccc(-c2[nH]nc3c2C(c2cccc(OC)c2OCc2ccc(F)cc2)C(C#N)=C(N)O3)c1. The number of nitrogens with one attached hydrogen (secondary N) is 1. The average molecular weight is 513 g/mol. The molecule has 1 aliphatic rings. The zero-order valence-corrected chi connectivity index (χ0v) is 20.8. The lowest BCUT2D eigenvalue weighted by Gasteiger charge is -2.26. The average Bonchev–Trinajstić information content (AvgIpc) is 3.35. The first kappa shape index (κ1) is 24.7. The number of H-pyrrole nitrogens is 1. The van der Waals surface area contributed by atoms with E-state index in [9.17, 15) is 9.65 Å². The minimum atomic E-state index is -0.674. The summed E-state index contributed by atoms with van der Waals surface area (Å²) in [5, 5.41) is 17.6. The van der Waals surface area contributed by atoms with Crippen LogP contribution < -0.4 is 24.7 Å². The number of nitrogens with zero attached hydrogens (tertiary/aromatic N) is 2. The number of aromatic amines is 1. The number of rotatable bonds is 8. The Labute approximate surface area is 219 Å². The predicted molar refractivity (Wildman–Crippen MR) is 138 cm³/mol. The van der Waals surface area contributed by atoms with E-state index in [0.29, 0.717) is 40.7 Å². The molecule has 0 bridgehead atoms. The van der Waals surface area contributed by atoms with Gasteiger partial charge in [0.2, 0.25) is 11.8 Å². The smallest absolute Gasteiger partial charge is 0.244 e. The zero-order valence-electron chi connectivity index (χ0n) is 20.8. The third-order valence-electron chi connectivity index (χ3n) is 6.21. The van der Waals surface area contributed by atoms with Crippen LogP contribution in [-0.4, -0.2) is 23.9 Å². The molecule has 8 nitrogen and oxygen atoms in total. The van der Waals surface area contributed by atoms with Crippen LogP contribution in [0.2, 0.25) is 0 Å². The van der Waals surface area contributed by atoms with Gasteiger partial charge in [0, 0.05) is 11.1 Å². The van der Waals surface area contributed by atoms with Gasteiger partial charge in [-0.05, 0) is 42.8 Å². The minimum Gasteiger partial charge on any atom is -0.494 e. The molecule has 1 atom stereocenters. The third-order valence-corrected chi connectivity index (χ3v) is 6.21. The first-order valence-corrected chi connectivity index (χ1v) is 12.0. The predicted octanol–water partition coefficient (Wildman–Crippen LogP) is 5.42. The second-order valence-electron chi connectivity index (χ2n) is 8.50. The second kappa shape index (κ2) is 10.6. The molecule has 0 amide bonds. The highest BCUT2D eigenvalue weighted by Gasteiger charge is 2.38. The summed E-state index contributed by atoms with van der Waals surface area (Å²) in [6.07, 6.45) is 0. The molecular weight excluding hydrogens is 487 g/mol. The van der Waals surface area contributed by atoms with E-state index in [0.717, 1.165) is 11.1 Å². The molecule has 0 saturated heterocycles. The molecule has 192 valence electrons. The van der Waals surface area contributed by atoms with Crippen LogP contribution in [0.3, 0.4) is 0 Å². The van der Waals surface area contributed by atoms with Gasteiger partial charge in [-0.25, -0.2) is 4.39 Å². The molecule has 0 saturated carbocycles. The van der Waals surface area contributed by atoms with Gasteiger partial charge in [-0.15, -0.1) is 5.10 Å². The Balaban J connectivity index is 1.65. The first-order valence-electron chi connectivity index (χ1n) is 12.0. The third kappa shape index (κ3) is 4.60. The van der Waals surface area contributed by atoms with Gasteiger partial charge in [0.05, 0.1) is 30.9 Å². The van der Waals surface area contributed by atoms with Crippen molar-refractivity contribution in [2.24, 2.45) is 5.73 Å². The van der Waals surface area contributed by atoms with Crippen molar-refractivity contribution in [1.82, 2.24) is 10.2 Å². The molecule has 4 aromatic rings. The molecule has 2 heterocycles. The summed E-state index contributed by atoms with van der Waals surface area (Å²) >= 11 is 0. The van der Waals surface area contributed by atoms with Crippen molar-refractivity contribution in [1.29, 1.82) is 5.26 Å². The van der Waals surface area contributed by atoms with E-state index < -0.39 is 5.92 Å². The number of methoxy groups -OCH3 is 1. The fraction of sp³-hybridized carbons (Fsp3) is 0.172. The standard InChI is InChI=1S/C29H25FN4O4/c1-3-36-20-7-4-6-18(14-20)26-25-24(22(15-31)28(32)38-29(25)34-33-26)21-8-5-9-23(35-2)27(21)37-16-17-10-12-19(30)13-11-17/h4-14,24H,3,16,32H2,1-2H3,(H,33,34). The summed E-state index contributed by atoms with van der Waals surface area (Å²) in [6, 6.07) is 21.2. The second-order valence-corrected chi connectivity index (χ2v) is 8.50. The number of hydrogen-bond donors (Lipinski definition) is 2. The Bertz CT molecular complexity index is 1540. The lowest BCUT2D eigenvalue weighted by molar-refractivity contribution is 0.280. The largest absolute Gasteiger partial charge is 0.494 e. The number of ether oxygens (including phenoxy) is 4. The van der Waals surface area contributed by atoms with Crippen molar-refractivity contribution in [3.8, 4) is 40.5 Å². The van der Waals surface area contributed by atoms with E-state index in [1.165, 1.54) is 19.2 Å². The molecule has 3 aromatic carbocycles. The van der Waals surface area contributed by atoms with Crippen LogP contribution in [-0.2, 0) is 6.61 Å². The van der Waals surface area contributed by atoms with Crippen molar-refractivity contribution in [3.63, 3.8) is 0 Å². The van der Waals surface area contributed by atoms with Crippen LogP contribution in [0.15, 0.2) is 78.2 Å². The maximum atomic E-state index is 13.4. The number of allylic oxidation sites excluding steroid dienone is 1. The lowest BCUT2D eigenvalue weighted by atomic mass is 9.82. The number of benzene rings is 3. The summed E-state index contributed by atoms with van der Waals surface area (Å²) < 4.78 is 36.7. The van der Waals surface area contributed by atoms with Gasteiger partial charge in [0.15, 0.2) is 11.5 Å². The number of para-hydroxylation sites is 1. The van der Waals surface area contributed by atoms with Gasteiger partial charge < -0.3 is 24.7 Å².